The van der Waals surface area contributed by atoms with Crippen LogP contribution in [0.4, 0.5) is 8.78 Å². The first-order valence-corrected chi connectivity index (χ1v) is 11.0. The Hall–Kier alpha value is -3.14. The van der Waals surface area contributed by atoms with Gasteiger partial charge in [-0.15, -0.1) is 0 Å². The lowest BCUT2D eigenvalue weighted by Gasteiger charge is -2.28. The molecule has 8 nitrogen and oxygen atoms in total. The molecule has 0 amide bonds. The van der Waals surface area contributed by atoms with Crippen molar-refractivity contribution in [2.45, 2.75) is 53.0 Å². The number of ketones is 2. The minimum absolute atomic E-state index is 0.0262. The highest BCUT2D eigenvalue weighted by Crippen LogP contribution is 2.37. The molecule has 1 N–H and O–H groups in total. The highest BCUT2D eigenvalue weighted by atomic mass is 19.3. The van der Waals surface area contributed by atoms with Gasteiger partial charge in [0, 0.05) is 50.9 Å². The van der Waals surface area contributed by atoms with Gasteiger partial charge in [-0.25, -0.2) is 8.78 Å². The molecule has 2 aromatic rings. The van der Waals surface area contributed by atoms with E-state index in [2.05, 4.69) is 10.1 Å². The first-order valence-electron chi connectivity index (χ1n) is 11.0. The summed E-state index contributed by atoms with van der Waals surface area (Å²) in [5, 5.41) is 14.6. The van der Waals surface area contributed by atoms with Crippen LogP contribution in [0.5, 0.6) is 5.75 Å². The number of methoxy groups -OCH3 is 1. The van der Waals surface area contributed by atoms with Crippen LogP contribution in [-0.4, -0.2) is 51.8 Å². The lowest BCUT2D eigenvalue weighted by molar-refractivity contribution is -0.127. The van der Waals surface area contributed by atoms with Crippen LogP contribution in [0, 0.1) is 12.3 Å². The van der Waals surface area contributed by atoms with Gasteiger partial charge in [-0.1, -0.05) is 13.8 Å². The molecular weight excluding hydrogens is 448 g/mol. The van der Waals surface area contributed by atoms with E-state index in [0.717, 1.165) is 5.56 Å². The van der Waals surface area contributed by atoms with E-state index in [1.165, 1.54) is 10.9 Å². The minimum atomic E-state index is -3.02. The summed E-state index contributed by atoms with van der Waals surface area (Å²) in [5.74, 6) is -1.29. The average Bonchev–Trinajstić information content (AvgIpc) is 3.16. The van der Waals surface area contributed by atoms with Gasteiger partial charge in [0.1, 0.15) is 22.8 Å². The number of pyridine rings is 1. The number of ether oxygens (including phenoxy) is 2. The molecule has 0 atom stereocenters. The van der Waals surface area contributed by atoms with Crippen LogP contribution in [0.3, 0.4) is 0 Å². The quantitative estimate of drug-likeness (QED) is 0.250. The Morgan fingerprint density at radius 3 is 2.53 bits per heavy atom. The molecule has 0 saturated heterocycles. The van der Waals surface area contributed by atoms with E-state index < -0.39 is 40.4 Å². The van der Waals surface area contributed by atoms with Crippen molar-refractivity contribution in [1.82, 2.24) is 14.8 Å². The molecular formula is C24H29F2N3O5. The Bertz CT molecular complexity index is 1090. The average molecular weight is 478 g/mol. The number of allylic oxidation sites excluding steroid dienone is 1. The number of aromatic nitrogens is 3. The van der Waals surface area contributed by atoms with E-state index in [0.29, 0.717) is 31.1 Å². The summed E-state index contributed by atoms with van der Waals surface area (Å²) in [7, 11) is 1.61. The molecule has 34 heavy (non-hydrogen) atoms. The maximum atomic E-state index is 13.7. The number of hydrogen-bond donors (Lipinski definition) is 1. The zero-order chi connectivity index (χ0) is 25.0. The molecule has 1 aliphatic carbocycles. The second kappa shape index (κ2) is 10.4. The molecule has 0 unspecified atom stereocenters. The van der Waals surface area contributed by atoms with Gasteiger partial charge in [0.25, 0.3) is 6.43 Å². The van der Waals surface area contributed by atoms with Crippen molar-refractivity contribution in [2.75, 3.05) is 20.3 Å². The molecule has 0 aliphatic heterocycles. The highest BCUT2D eigenvalue weighted by Gasteiger charge is 2.39. The largest absolute Gasteiger partial charge is 0.506 e. The van der Waals surface area contributed by atoms with Crippen LogP contribution in [0.1, 0.15) is 62.1 Å². The van der Waals surface area contributed by atoms with Crippen LogP contribution in [0.25, 0.3) is 5.76 Å². The lowest BCUT2D eigenvalue weighted by atomic mass is 9.73. The first-order chi connectivity index (χ1) is 16.0. The van der Waals surface area contributed by atoms with Crippen LogP contribution in [0.2, 0.25) is 0 Å². The lowest BCUT2D eigenvalue weighted by Crippen LogP contribution is -2.32. The Balaban J connectivity index is 1.91. The van der Waals surface area contributed by atoms with Gasteiger partial charge in [-0.3, -0.25) is 19.3 Å². The summed E-state index contributed by atoms with van der Waals surface area (Å²) in [6, 6.07) is 1.71. The van der Waals surface area contributed by atoms with Crippen molar-refractivity contribution in [2.24, 2.45) is 5.41 Å². The number of alkyl halides is 2. The maximum Gasteiger partial charge on any atom is 0.282 e. The highest BCUT2D eigenvalue weighted by molar-refractivity contribution is 6.26. The molecule has 1 saturated carbocycles. The van der Waals surface area contributed by atoms with Gasteiger partial charge in [0.2, 0.25) is 0 Å². The van der Waals surface area contributed by atoms with E-state index in [1.807, 2.05) is 0 Å². The van der Waals surface area contributed by atoms with Crippen LogP contribution < -0.4 is 4.74 Å². The Kier molecular flexibility index (Phi) is 7.81. The summed E-state index contributed by atoms with van der Waals surface area (Å²) in [4.78, 5) is 29.4. The fraction of sp³-hybridized carbons (Fsp3) is 0.500. The molecule has 0 aromatic carbocycles. The fourth-order valence-electron chi connectivity index (χ4n) is 3.94. The van der Waals surface area contributed by atoms with Crippen molar-refractivity contribution in [3.05, 3.63) is 46.5 Å². The van der Waals surface area contributed by atoms with Gasteiger partial charge in [0.15, 0.2) is 11.6 Å². The first kappa shape index (κ1) is 25.5. The van der Waals surface area contributed by atoms with Crippen molar-refractivity contribution in [1.29, 1.82) is 0 Å². The number of carbonyl (C=O) groups excluding carboxylic acids is 2. The number of halogens is 2. The topological polar surface area (TPSA) is 104 Å². The van der Waals surface area contributed by atoms with Crippen LogP contribution in [0.15, 0.2) is 24.0 Å². The SMILES string of the molecule is COCCCOc1ccnc(Cn2cc(C(O)=C3C(=O)CC(C)(C)CC3=O)c(C(F)F)n2)c1C. The number of Topliss-reactive ketones (excluding diaryl/α,β-unsaturated/α-hetero) is 2. The van der Waals surface area contributed by atoms with Crippen molar-refractivity contribution in [3.63, 3.8) is 0 Å². The fourth-order valence-corrected chi connectivity index (χ4v) is 3.94. The Labute approximate surface area is 196 Å². The van der Waals surface area contributed by atoms with Crippen LogP contribution >= 0.6 is 0 Å². The van der Waals surface area contributed by atoms with Crippen LogP contribution in [-0.2, 0) is 20.9 Å². The minimum Gasteiger partial charge on any atom is -0.506 e. The number of carbonyl (C=O) groups is 2. The number of hydrogen-bond acceptors (Lipinski definition) is 7. The third-order valence-corrected chi connectivity index (χ3v) is 5.65. The zero-order valence-corrected chi connectivity index (χ0v) is 19.7. The summed E-state index contributed by atoms with van der Waals surface area (Å²) in [6.07, 6.45) is 0.516. The van der Waals surface area contributed by atoms with Crippen molar-refractivity contribution < 1.29 is 33.0 Å². The normalized spacial score (nSPS) is 15.8. The number of aliphatic hydroxyl groups excluding tert-OH is 1. The van der Waals surface area contributed by atoms with E-state index >= 15 is 0 Å². The third-order valence-electron chi connectivity index (χ3n) is 5.65. The summed E-state index contributed by atoms with van der Waals surface area (Å²) >= 11 is 0. The molecule has 10 heteroatoms. The summed E-state index contributed by atoms with van der Waals surface area (Å²) < 4.78 is 39.4. The Morgan fingerprint density at radius 1 is 1.24 bits per heavy atom. The van der Waals surface area contributed by atoms with E-state index in [-0.39, 0.29) is 24.9 Å². The zero-order valence-electron chi connectivity index (χ0n) is 19.7. The molecule has 0 radical (unpaired) electrons. The van der Waals surface area contributed by atoms with Gasteiger partial charge in [-0.2, -0.15) is 5.10 Å². The van der Waals surface area contributed by atoms with Crippen molar-refractivity contribution in [3.8, 4) is 5.75 Å². The summed E-state index contributed by atoms with van der Waals surface area (Å²) in [6.45, 7) is 6.37. The van der Waals surface area contributed by atoms with Gasteiger partial charge in [0.05, 0.1) is 24.4 Å². The van der Waals surface area contributed by atoms with E-state index in [9.17, 15) is 23.5 Å². The summed E-state index contributed by atoms with van der Waals surface area (Å²) in [5.41, 5.74) is -0.776. The number of rotatable bonds is 9. The maximum absolute atomic E-state index is 13.7. The van der Waals surface area contributed by atoms with E-state index in [1.54, 1.807) is 40.1 Å². The molecule has 1 fully saturated rings. The molecule has 2 heterocycles. The number of nitrogens with zero attached hydrogens (tertiary/aromatic N) is 3. The monoisotopic (exact) mass is 477 g/mol. The smallest absolute Gasteiger partial charge is 0.282 e. The van der Waals surface area contributed by atoms with E-state index in [4.69, 9.17) is 9.47 Å². The standard InChI is InChI=1S/C24H29F2N3O5/c1-14-16(27-7-6-19(14)34-9-5-8-33-4)13-29-12-15(21(28-29)23(25)26)22(32)20-17(30)10-24(2,3)11-18(20)31/h6-7,12,23,32H,5,8-11,13H2,1-4H3. The molecule has 0 bridgehead atoms. The second-order valence-electron chi connectivity index (χ2n) is 9.09. The Morgan fingerprint density at radius 2 is 1.91 bits per heavy atom. The molecule has 184 valence electrons. The predicted octanol–water partition coefficient (Wildman–Crippen LogP) is 4.22. The number of aliphatic hydroxyl groups is 1. The molecule has 1 aliphatic rings. The van der Waals surface area contributed by atoms with Crippen molar-refractivity contribution >= 4 is 17.3 Å². The molecule has 2 aromatic heterocycles. The predicted molar refractivity (Wildman–Crippen MR) is 120 cm³/mol. The second-order valence-corrected chi connectivity index (χ2v) is 9.09. The van der Waals surface area contributed by atoms with Gasteiger partial charge in [-0.05, 0) is 18.4 Å². The molecule has 3 rings (SSSR count). The molecule has 0 spiro atoms. The van der Waals surface area contributed by atoms with Gasteiger partial charge < -0.3 is 14.6 Å². The third kappa shape index (κ3) is 5.67. The van der Waals surface area contributed by atoms with Gasteiger partial charge >= 0.3 is 0 Å².